The molecule has 4 heteroatoms. The highest BCUT2D eigenvalue weighted by molar-refractivity contribution is 5.98. The molecule has 3 rings (SSSR count). The molecule has 1 aliphatic heterocycles. The van der Waals surface area contributed by atoms with Crippen LogP contribution in [0.4, 0.5) is 0 Å². The van der Waals surface area contributed by atoms with Gasteiger partial charge in [-0.15, -0.1) is 0 Å². The molecule has 0 spiro atoms. The van der Waals surface area contributed by atoms with Gasteiger partial charge in [-0.1, -0.05) is 37.3 Å². The van der Waals surface area contributed by atoms with E-state index in [0.717, 1.165) is 37.0 Å². The summed E-state index contributed by atoms with van der Waals surface area (Å²) in [6.07, 6.45) is 3.89. The Kier molecular flexibility index (Phi) is 6.40. The number of Topliss-reactive ketones (excluding diaryl/α,β-unsaturated/α-hetero) is 1. The van der Waals surface area contributed by atoms with E-state index >= 15 is 0 Å². The highest BCUT2D eigenvalue weighted by Crippen LogP contribution is 2.23. The largest absolute Gasteiger partial charge is 0.376 e. The van der Waals surface area contributed by atoms with Gasteiger partial charge in [0.25, 0.3) is 5.91 Å². The first-order chi connectivity index (χ1) is 13.1. The van der Waals surface area contributed by atoms with Crippen molar-refractivity contribution in [3.8, 4) is 11.1 Å². The molecule has 4 nitrogen and oxygen atoms in total. The first-order valence-electron chi connectivity index (χ1n) is 9.69. The molecule has 2 aromatic carbocycles. The van der Waals surface area contributed by atoms with E-state index in [9.17, 15) is 9.59 Å². The Hall–Kier alpha value is -2.46. The number of likely N-dealkylation sites (N-methyl/N-ethyl adjacent to an activating group) is 1. The maximum Gasteiger partial charge on any atom is 0.253 e. The molecule has 0 aromatic heterocycles. The van der Waals surface area contributed by atoms with Crippen LogP contribution in [0.2, 0.25) is 0 Å². The molecule has 0 bridgehead atoms. The topological polar surface area (TPSA) is 46.6 Å². The van der Waals surface area contributed by atoms with E-state index in [-0.39, 0.29) is 17.8 Å². The Morgan fingerprint density at radius 3 is 2.33 bits per heavy atom. The molecule has 142 valence electrons. The molecule has 0 unspecified atom stereocenters. The molecule has 1 atom stereocenters. The standard InChI is InChI=1S/C23H27NO3/c1-3-22(25)19-10-6-8-17(14-19)18-9-7-11-20(15-18)23(26)24(2)16-21-12-4-5-13-27-21/h6-11,14-15,21H,3-5,12-13,16H2,1-2H3/t21-/m0/s1. The first kappa shape index (κ1) is 19.3. The molecular weight excluding hydrogens is 338 g/mol. The van der Waals surface area contributed by atoms with Crippen LogP contribution < -0.4 is 0 Å². The molecule has 0 radical (unpaired) electrons. The predicted octanol–water partition coefficient (Wildman–Crippen LogP) is 4.59. The van der Waals surface area contributed by atoms with Crippen LogP contribution in [0.15, 0.2) is 48.5 Å². The van der Waals surface area contributed by atoms with E-state index in [4.69, 9.17) is 4.74 Å². The minimum atomic E-state index is -0.00758. The summed E-state index contributed by atoms with van der Waals surface area (Å²) in [6, 6.07) is 15.2. The number of carbonyl (C=O) groups excluding carboxylic acids is 2. The van der Waals surface area contributed by atoms with Crippen molar-refractivity contribution in [3.63, 3.8) is 0 Å². The summed E-state index contributed by atoms with van der Waals surface area (Å²) in [6.45, 7) is 3.26. The van der Waals surface area contributed by atoms with Crippen LogP contribution in [0.1, 0.15) is 53.3 Å². The molecule has 1 aliphatic rings. The summed E-state index contributed by atoms with van der Waals surface area (Å²) in [4.78, 5) is 26.6. The monoisotopic (exact) mass is 365 g/mol. The number of ketones is 1. The van der Waals surface area contributed by atoms with Gasteiger partial charge in [-0.3, -0.25) is 9.59 Å². The normalized spacial score (nSPS) is 16.7. The lowest BCUT2D eigenvalue weighted by Crippen LogP contribution is -2.37. The lowest BCUT2D eigenvalue weighted by atomic mass is 9.99. The second kappa shape index (κ2) is 8.96. The number of hydrogen-bond donors (Lipinski definition) is 0. The summed E-state index contributed by atoms with van der Waals surface area (Å²) >= 11 is 0. The van der Waals surface area contributed by atoms with E-state index in [1.165, 1.54) is 0 Å². The van der Waals surface area contributed by atoms with E-state index in [0.29, 0.717) is 24.1 Å². The van der Waals surface area contributed by atoms with Crippen LogP contribution in [0.25, 0.3) is 11.1 Å². The van der Waals surface area contributed by atoms with Gasteiger partial charge in [0.1, 0.15) is 0 Å². The molecule has 1 amide bonds. The molecule has 0 saturated carbocycles. The molecule has 1 heterocycles. The van der Waals surface area contributed by atoms with Gasteiger partial charge in [0.15, 0.2) is 5.78 Å². The summed E-state index contributed by atoms with van der Waals surface area (Å²) in [5, 5.41) is 0. The van der Waals surface area contributed by atoms with Crippen molar-refractivity contribution in [2.24, 2.45) is 0 Å². The molecule has 0 N–H and O–H groups in total. The van der Waals surface area contributed by atoms with Crippen LogP contribution in [-0.4, -0.2) is 42.9 Å². The maximum atomic E-state index is 12.8. The Bertz CT molecular complexity index is 809. The second-order valence-electron chi connectivity index (χ2n) is 7.11. The highest BCUT2D eigenvalue weighted by atomic mass is 16.5. The number of amides is 1. The zero-order chi connectivity index (χ0) is 19.2. The van der Waals surface area contributed by atoms with Crippen molar-refractivity contribution in [2.45, 2.75) is 38.7 Å². The van der Waals surface area contributed by atoms with Crippen molar-refractivity contribution in [3.05, 3.63) is 59.7 Å². The minimum Gasteiger partial charge on any atom is -0.376 e. The van der Waals surface area contributed by atoms with Crippen LogP contribution in [0, 0.1) is 0 Å². The summed E-state index contributed by atoms with van der Waals surface area (Å²) in [7, 11) is 1.83. The number of hydrogen-bond acceptors (Lipinski definition) is 3. The van der Waals surface area contributed by atoms with E-state index in [1.54, 1.807) is 4.90 Å². The molecular formula is C23H27NO3. The van der Waals surface area contributed by atoms with Crippen molar-refractivity contribution in [1.82, 2.24) is 4.90 Å². The van der Waals surface area contributed by atoms with Crippen molar-refractivity contribution in [1.29, 1.82) is 0 Å². The Morgan fingerprint density at radius 2 is 1.70 bits per heavy atom. The third-order valence-electron chi connectivity index (χ3n) is 5.05. The van der Waals surface area contributed by atoms with Crippen LogP contribution in [-0.2, 0) is 4.74 Å². The minimum absolute atomic E-state index is 0.00758. The maximum absolute atomic E-state index is 12.8. The van der Waals surface area contributed by atoms with Gasteiger partial charge in [-0.25, -0.2) is 0 Å². The molecule has 1 saturated heterocycles. The summed E-state index contributed by atoms with van der Waals surface area (Å²) in [5.74, 6) is 0.114. The number of rotatable bonds is 6. The van der Waals surface area contributed by atoms with Gasteiger partial charge in [-0.05, 0) is 48.6 Å². The van der Waals surface area contributed by atoms with E-state index in [2.05, 4.69) is 0 Å². The fourth-order valence-electron chi connectivity index (χ4n) is 3.47. The average Bonchev–Trinajstić information content (AvgIpc) is 2.73. The van der Waals surface area contributed by atoms with Gasteiger partial charge in [-0.2, -0.15) is 0 Å². The van der Waals surface area contributed by atoms with Gasteiger partial charge in [0.05, 0.1) is 6.10 Å². The predicted molar refractivity (Wildman–Crippen MR) is 107 cm³/mol. The lowest BCUT2D eigenvalue weighted by molar-refractivity contribution is -0.000186. The Morgan fingerprint density at radius 1 is 1.04 bits per heavy atom. The van der Waals surface area contributed by atoms with E-state index < -0.39 is 0 Å². The second-order valence-corrected chi connectivity index (χ2v) is 7.11. The van der Waals surface area contributed by atoms with Gasteiger partial charge < -0.3 is 9.64 Å². The summed E-state index contributed by atoms with van der Waals surface area (Å²) < 4.78 is 5.75. The molecule has 0 aliphatic carbocycles. The smallest absolute Gasteiger partial charge is 0.253 e. The fourth-order valence-corrected chi connectivity index (χ4v) is 3.47. The quantitative estimate of drug-likeness (QED) is 0.704. The summed E-state index contributed by atoms with van der Waals surface area (Å²) in [5.41, 5.74) is 3.24. The SMILES string of the molecule is CCC(=O)c1cccc(-c2cccc(C(=O)N(C)C[C@@H]3CCCCO3)c2)c1. The number of benzene rings is 2. The van der Waals surface area contributed by atoms with Crippen molar-refractivity contribution < 1.29 is 14.3 Å². The number of ether oxygens (including phenoxy) is 1. The highest BCUT2D eigenvalue weighted by Gasteiger charge is 2.20. The van der Waals surface area contributed by atoms with Gasteiger partial charge in [0, 0.05) is 37.7 Å². The Labute approximate surface area is 161 Å². The van der Waals surface area contributed by atoms with Gasteiger partial charge >= 0.3 is 0 Å². The average molecular weight is 365 g/mol. The number of nitrogens with zero attached hydrogens (tertiary/aromatic N) is 1. The zero-order valence-corrected chi connectivity index (χ0v) is 16.1. The van der Waals surface area contributed by atoms with Crippen LogP contribution in [0.3, 0.4) is 0 Å². The third kappa shape index (κ3) is 4.83. The van der Waals surface area contributed by atoms with Crippen LogP contribution >= 0.6 is 0 Å². The molecule has 2 aromatic rings. The fraction of sp³-hybridized carbons (Fsp3) is 0.391. The van der Waals surface area contributed by atoms with E-state index in [1.807, 2.05) is 62.5 Å². The molecule has 27 heavy (non-hydrogen) atoms. The van der Waals surface area contributed by atoms with Crippen molar-refractivity contribution in [2.75, 3.05) is 20.2 Å². The zero-order valence-electron chi connectivity index (χ0n) is 16.1. The third-order valence-corrected chi connectivity index (χ3v) is 5.05. The van der Waals surface area contributed by atoms with Crippen molar-refractivity contribution >= 4 is 11.7 Å². The van der Waals surface area contributed by atoms with Crippen LogP contribution in [0.5, 0.6) is 0 Å². The molecule has 1 fully saturated rings. The lowest BCUT2D eigenvalue weighted by Gasteiger charge is -2.27. The van der Waals surface area contributed by atoms with Gasteiger partial charge in [0.2, 0.25) is 0 Å². The first-order valence-corrected chi connectivity index (χ1v) is 9.69. The number of carbonyl (C=O) groups is 2. The Balaban J connectivity index is 1.76.